The van der Waals surface area contributed by atoms with E-state index >= 15 is 0 Å². The maximum atomic E-state index is 2.52. The molecule has 0 amide bonds. The predicted octanol–water partition coefficient (Wildman–Crippen LogP) is 7.33. The molecule has 0 saturated carbocycles. The zero-order chi connectivity index (χ0) is 15.8. The largest absolute Gasteiger partial charge is 0.0654 e. The zero-order valence-corrected chi connectivity index (χ0v) is 15.8. The highest BCUT2D eigenvalue weighted by Gasteiger charge is 2.35. The van der Waals surface area contributed by atoms with E-state index in [1.807, 2.05) is 0 Å². The first-order chi connectivity index (χ1) is 9.33. The minimum absolute atomic E-state index is 0.509. The van der Waals surface area contributed by atoms with E-state index in [1.165, 1.54) is 44.9 Å². The third-order valence-electron chi connectivity index (χ3n) is 5.87. The van der Waals surface area contributed by atoms with E-state index in [4.69, 9.17) is 0 Å². The molecule has 0 spiro atoms. The Morgan fingerprint density at radius 3 is 1.80 bits per heavy atom. The molecule has 0 nitrogen and oxygen atoms in total. The third kappa shape index (κ3) is 6.19. The molecule has 0 rings (SSSR count). The minimum atomic E-state index is 0.509. The lowest BCUT2D eigenvalue weighted by atomic mass is 9.63. The lowest BCUT2D eigenvalue weighted by Crippen LogP contribution is -2.33. The molecule has 0 aliphatic heterocycles. The van der Waals surface area contributed by atoms with Crippen molar-refractivity contribution in [3.05, 3.63) is 0 Å². The summed E-state index contributed by atoms with van der Waals surface area (Å²) in [6.45, 7) is 19.4. The molecule has 0 aromatic heterocycles. The second-order valence-corrected chi connectivity index (χ2v) is 7.89. The summed E-state index contributed by atoms with van der Waals surface area (Å²) in [5.74, 6) is 3.58. The van der Waals surface area contributed by atoms with Gasteiger partial charge in [-0.15, -0.1) is 0 Å². The lowest BCUT2D eigenvalue weighted by molar-refractivity contribution is 0.0785. The molecule has 0 aromatic rings. The van der Waals surface area contributed by atoms with Crippen LogP contribution < -0.4 is 0 Å². The molecule has 0 fully saturated rings. The molecule has 0 N–H and O–H groups in total. The van der Waals surface area contributed by atoms with Crippen LogP contribution in [-0.4, -0.2) is 0 Å². The highest BCUT2D eigenvalue weighted by Crippen LogP contribution is 2.44. The van der Waals surface area contributed by atoms with Crippen LogP contribution in [0.4, 0.5) is 0 Å². The minimum Gasteiger partial charge on any atom is -0.0654 e. The van der Waals surface area contributed by atoms with Crippen molar-refractivity contribution in [3.63, 3.8) is 0 Å². The first-order valence-electron chi connectivity index (χ1n) is 9.33. The SMILES string of the molecule is CCCC(C)(C)C(CC)C(CC)C(C)CCC(C)CC. The average Bonchev–Trinajstić information content (AvgIpc) is 2.40. The van der Waals surface area contributed by atoms with Crippen molar-refractivity contribution in [3.8, 4) is 0 Å². The van der Waals surface area contributed by atoms with E-state index in [1.54, 1.807) is 0 Å². The maximum Gasteiger partial charge on any atom is -0.0323 e. The Kier molecular flexibility index (Phi) is 9.85. The van der Waals surface area contributed by atoms with Gasteiger partial charge in [-0.25, -0.2) is 0 Å². The van der Waals surface area contributed by atoms with Crippen molar-refractivity contribution >= 4 is 0 Å². The molecular formula is C20H42. The van der Waals surface area contributed by atoms with Crippen molar-refractivity contribution in [1.29, 1.82) is 0 Å². The third-order valence-corrected chi connectivity index (χ3v) is 5.87. The Labute approximate surface area is 130 Å². The molecule has 20 heavy (non-hydrogen) atoms. The Morgan fingerprint density at radius 1 is 0.800 bits per heavy atom. The summed E-state index contributed by atoms with van der Waals surface area (Å²) in [4.78, 5) is 0. The fourth-order valence-corrected chi connectivity index (χ4v) is 4.31. The summed E-state index contributed by atoms with van der Waals surface area (Å²) in [5.41, 5.74) is 0.509. The number of hydrogen-bond donors (Lipinski definition) is 0. The highest BCUT2D eigenvalue weighted by molar-refractivity contribution is 4.84. The van der Waals surface area contributed by atoms with Crippen LogP contribution in [0, 0.1) is 29.1 Å². The van der Waals surface area contributed by atoms with Gasteiger partial charge in [-0.1, -0.05) is 93.9 Å². The van der Waals surface area contributed by atoms with Crippen LogP contribution >= 0.6 is 0 Å². The Morgan fingerprint density at radius 2 is 1.40 bits per heavy atom. The maximum absolute atomic E-state index is 2.52. The Bertz CT molecular complexity index is 228. The molecule has 0 heteroatoms. The van der Waals surface area contributed by atoms with Crippen molar-refractivity contribution in [2.75, 3.05) is 0 Å². The van der Waals surface area contributed by atoms with Crippen LogP contribution in [0.3, 0.4) is 0 Å². The van der Waals surface area contributed by atoms with E-state index in [0.29, 0.717) is 5.41 Å². The molecule has 0 heterocycles. The second kappa shape index (κ2) is 9.85. The van der Waals surface area contributed by atoms with Gasteiger partial charge in [0.05, 0.1) is 0 Å². The second-order valence-electron chi connectivity index (χ2n) is 7.89. The zero-order valence-electron chi connectivity index (χ0n) is 15.8. The molecule has 0 bridgehead atoms. The van der Waals surface area contributed by atoms with Gasteiger partial charge in [0.2, 0.25) is 0 Å². The van der Waals surface area contributed by atoms with E-state index < -0.39 is 0 Å². The summed E-state index contributed by atoms with van der Waals surface area (Å²) in [5, 5.41) is 0. The van der Waals surface area contributed by atoms with Crippen LogP contribution in [-0.2, 0) is 0 Å². The molecule has 0 radical (unpaired) electrons. The van der Waals surface area contributed by atoms with Gasteiger partial charge in [-0.3, -0.25) is 0 Å². The molecule has 0 aliphatic carbocycles. The number of hydrogen-bond acceptors (Lipinski definition) is 0. The molecule has 4 atom stereocenters. The molecule has 4 unspecified atom stereocenters. The molecule has 0 saturated heterocycles. The smallest absolute Gasteiger partial charge is 0.0323 e. The fraction of sp³-hybridized carbons (Fsp3) is 1.00. The topological polar surface area (TPSA) is 0 Å². The van der Waals surface area contributed by atoms with Crippen LogP contribution in [0.15, 0.2) is 0 Å². The molecule has 0 aliphatic rings. The summed E-state index contributed by atoms with van der Waals surface area (Å²) in [6.07, 6.45) is 9.57. The van der Waals surface area contributed by atoms with E-state index in [2.05, 4.69) is 55.4 Å². The van der Waals surface area contributed by atoms with Crippen molar-refractivity contribution in [2.45, 2.75) is 100 Å². The van der Waals surface area contributed by atoms with Crippen LogP contribution in [0.1, 0.15) is 100 Å². The summed E-state index contributed by atoms with van der Waals surface area (Å²) >= 11 is 0. The number of rotatable bonds is 11. The molecular weight excluding hydrogens is 240 g/mol. The normalized spacial score (nSPS) is 18.6. The predicted molar refractivity (Wildman–Crippen MR) is 94.1 cm³/mol. The van der Waals surface area contributed by atoms with Gasteiger partial charge in [-0.05, 0) is 35.5 Å². The monoisotopic (exact) mass is 282 g/mol. The van der Waals surface area contributed by atoms with Gasteiger partial charge >= 0.3 is 0 Å². The van der Waals surface area contributed by atoms with Crippen LogP contribution in [0.2, 0.25) is 0 Å². The van der Waals surface area contributed by atoms with E-state index in [0.717, 1.165) is 23.7 Å². The van der Waals surface area contributed by atoms with Gasteiger partial charge in [0, 0.05) is 0 Å². The summed E-state index contributed by atoms with van der Waals surface area (Å²) < 4.78 is 0. The van der Waals surface area contributed by atoms with E-state index in [9.17, 15) is 0 Å². The molecule has 0 aromatic carbocycles. The van der Waals surface area contributed by atoms with Crippen molar-refractivity contribution < 1.29 is 0 Å². The van der Waals surface area contributed by atoms with Gasteiger partial charge in [0.25, 0.3) is 0 Å². The van der Waals surface area contributed by atoms with Gasteiger partial charge in [0.1, 0.15) is 0 Å². The summed E-state index contributed by atoms with van der Waals surface area (Å²) in [6, 6.07) is 0. The first kappa shape index (κ1) is 20.0. The Hall–Kier alpha value is 0. The lowest BCUT2D eigenvalue weighted by Gasteiger charge is -2.42. The van der Waals surface area contributed by atoms with E-state index in [-0.39, 0.29) is 0 Å². The highest BCUT2D eigenvalue weighted by atomic mass is 14.4. The average molecular weight is 283 g/mol. The standard InChI is InChI=1S/C20H42/c1-9-15-20(7,8)19(12-4)18(11-3)17(6)14-13-16(5)10-2/h16-19H,9-15H2,1-8H3. The van der Waals surface area contributed by atoms with Gasteiger partial charge in [0.15, 0.2) is 0 Å². The first-order valence-corrected chi connectivity index (χ1v) is 9.33. The van der Waals surface area contributed by atoms with Crippen LogP contribution in [0.25, 0.3) is 0 Å². The van der Waals surface area contributed by atoms with Gasteiger partial charge < -0.3 is 0 Å². The van der Waals surface area contributed by atoms with Gasteiger partial charge in [-0.2, -0.15) is 0 Å². The quantitative estimate of drug-likeness (QED) is 0.372. The fourth-order valence-electron chi connectivity index (χ4n) is 4.31. The summed E-state index contributed by atoms with van der Waals surface area (Å²) in [7, 11) is 0. The van der Waals surface area contributed by atoms with Crippen molar-refractivity contribution in [2.24, 2.45) is 29.1 Å². The Balaban J connectivity index is 4.74. The molecule has 122 valence electrons. The van der Waals surface area contributed by atoms with Crippen molar-refractivity contribution in [1.82, 2.24) is 0 Å². The van der Waals surface area contributed by atoms with Crippen LogP contribution in [0.5, 0.6) is 0 Å².